The van der Waals surface area contributed by atoms with Crippen LogP contribution in [-0.4, -0.2) is 42.3 Å². The van der Waals surface area contributed by atoms with E-state index in [1.54, 1.807) is 18.4 Å². The first-order valence-electron chi connectivity index (χ1n) is 7.24. The van der Waals surface area contributed by atoms with E-state index in [9.17, 15) is 18.0 Å². The van der Waals surface area contributed by atoms with Gasteiger partial charge in [-0.1, -0.05) is 11.6 Å². The van der Waals surface area contributed by atoms with E-state index in [0.29, 0.717) is 4.90 Å². The number of benzene rings is 2. The number of alkyl halides is 3. The molecule has 0 spiro atoms. The van der Waals surface area contributed by atoms with Crippen LogP contribution in [0, 0.1) is 0 Å². The molecule has 0 aliphatic heterocycles. The SMILES string of the molecule is CSc1ccc(Oc2ccc(C(F)(F)F)cc2Cl)cc1OC(C)C(=O)O.[LiH]. The predicted octanol–water partition coefficient (Wildman–Crippen LogP) is 5.08. The van der Waals surface area contributed by atoms with Crippen molar-refractivity contribution in [1.82, 2.24) is 0 Å². The van der Waals surface area contributed by atoms with Gasteiger partial charge in [0.2, 0.25) is 0 Å². The van der Waals surface area contributed by atoms with Crippen molar-refractivity contribution in [3.05, 3.63) is 47.0 Å². The molecule has 2 aromatic rings. The van der Waals surface area contributed by atoms with Gasteiger partial charge in [-0.3, -0.25) is 0 Å². The number of carboxylic acids is 1. The fourth-order valence-corrected chi connectivity index (χ4v) is 2.67. The molecule has 0 aliphatic carbocycles. The second-order valence-corrected chi connectivity index (χ2v) is 6.41. The van der Waals surface area contributed by atoms with Crippen LogP contribution in [0.4, 0.5) is 13.2 Å². The number of hydrogen-bond donors (Lipinski definition) is 1. The molecule has 1 unspecified atom stereocenters. The number of aliphatic carboxylic acids is 1. The molecule has 0 heterocycles. The molecule has 0 radical (unpaired) electrons. The molecule has 0 aromatic heterocycles. The number of rotatable bonds is 6. The van der Waals surface area contributed by atoms with E-state index in [1.807, 2.05) is 0 Å². The van der Waals surface area contributed by atoms with Crippen LogP contribution in [0.15, 0.2) is 41.3 Å². The van der Waals surface area contributed by atoms with Gasteiger partial charge in [-0.2, -0.15) is 13.2 Å². The number of halogens is 4. The molecule has 0 fully saturated rings. The average molecular weight is 415 g/mol. The van der Waals surface area contributed by atoms with Gasteiger partial charge in [0.15, 0.2) is 6.10 Å². The third-order valence-corrected chi connectivity index (χ3v) is 4.35. The summed E-state index contributed by atoms with van der Waals surface area (Å²) in [7, 11) is 0. The molecule has 1 N–H and O–H groups in total. The van der Waals surface area contributed by atoms with Crippen molar-refractivity contribution in [1.29, 1.82) is 0 Å². The standard InChI is InChI=1S/C17H14ClF3O4S.Li.H/c1-9(16(22)23)24-14-8-11(4-6-15(14)26-2)25-13-5-3-10(7-12(13)18)17(19,20)21;;/h3-9H,1-2H3,(H,22,23);;. The van der Waals surface area contributed by atoms with Crippen molar-refractivity contribution in [3.8, 4) is 17.2 Å². The molecule has 2 rings (SSSR count). The van der Waals surface area contributed by atoms with Gasteiger partial charge in [0.1, 0.15) is 17.2 Å². The van der Waals surface area contributed by atoms with Gasteiger partial charge in [0.25, 0.3) is 0 Å². The Balaban J connectivity index is 0.00000364. The molecule has 27 heavy (non-hydrogen) atoms. The third-order valence-electron chi connectivity index (χ3n) is 3.27. The summed E-state index contributed by atoms with van der Waals surface area (Å²) >= 11 is 7.22. The van der Waals surface area contributed by atoms with Crippen molar-refractivity contribution < 1.29 is 32.5 Å². The van der Waals surface area contributed by atoms with Crippen molar-refractivity contribution in [3.63, 3.8) is 0 Å². The van der Waals surface area contributed by atoms with E-state index in [0.717, 1.165) is 18.2 Å². The van der Waals surface area contributed by atoms with Crippen LogP contribution in [0.25, 0.3) is 0 Å². The minimum atomic E-state index is -4.50. The van der Waals surface area contributed by atoms with Crippen molar-refractivity contribution in [2.45, 2.75) is 24.1 Å². The fourth-order valence-electron chi connectivity index (χ4n) is 1.94. The summed E-state index contributed by atoms with van der Waals surface area (Å²) in [4.78, 5) is 11.6. The van der Waals surface area contributed by atoms with Crippen LogP contribution in [0.2, 0.25) is 5.02 Å². The van der Waals surface area contributed by atoms with Crippen molar-refractivity contribution in [2.24, 2.45) is 0 Å². The second-order valence-electron chi connectivity index (χ2n) is 5.16. The van der Waals surface area contributed by atoms with E-state index in [1.165, 1.54) is 24.8 Å². The molecule has 0 bridgehead atoms. The molecule has 0 aliphatic rings. The Kier molecular flexibility index (Phi) is 8.42. The van der Waals surface area contributed by atoms with E-state index >= 15 is 0 Å². The van der Waals surface area contributed by atoms with Crippen molar-refractivity contribution in [2.75, 3.05) is 6.26 Å². The van der Waals surface area contributed by atoms with Gasteiger partial charge < -0.3 is 14.6 Å². The van der Waals surface area contributed by atoms with E-state index in [2.05, 4.69) is 0 Å². The predicted molar refractivity (Wildman–Crippen MR) is 99.6 cm³/mol. The van der Waals surface area contributed by atoms with Crippen LogP contribution in [0.3, 0.4) is 0 Å². The third kappa shape index (κ3) is 6.28. The average Bonchev–Trinajstić information content (AvgIpc) is 2.56. The summed E-state index contributed by atoms with van der Waals surface area (Å²) in [5.74, 6) is -0.562. The zero-order chi connectivity index (χ0) is 19.5. The van der Waals surface area contributed by atoms with E-state index in [4.69, 9.17) is 26.2 Å². The zero-order valence-corrected chi connectivity index (χ0v) is 15.2. The first kappa shape index (κ1) is 23.6. The van der Waals surface area contributed by atoms with Gasteiger partial charge in [-0.05, 0) is 43.5 Å². The Labute approximate surface area is 175 Å². The fraction of sp³-hybridized carbons (Fsp3) is 0.235. The summed E-state index contributed by atoms with van der Waals surface area (Å²) in [5.41, 5.74) is -0.883. The van der Waals surface area contributed by atoms with Crippen LogP contribution in [0.1, 0.15) is 12.5 Å². The second kappa shape index (κ2) is 9.65. The summed E-state index contributed by atoms with van der Waals surface area (Å²) in [6.07, 6.45) is -3.79. The van der Waals surface area contributed by atoms with E-state index in [-0.39, 0.29) is 41.1 Å². The van der Waals surface area contributed by atoms with Gasteiger partial charge in [0.05, 0.1) is 10.6 Å². The van der Waals surface area contributed by atoms with Crippen LogP contribution in [0.5, 0.6) is 17.2 Å². The number of ether oxygens (including phenoxy) is 2. The number of thioether (sulfide) groups is 1. The Morgan fingerprint density at radius 1 is 1.19 bits per heavy atom. The molecular weight excluding hydrogens is 400 g/mol. The zero-order valence-electron chi connectivity index (χ0n) is 13.6. The van der Waals surface area contributed by atoms with Gasteiger partial charge >= 0.3 is 31.0 Å². The summed E-state index contributed by atoms with van der Waals surface area (Å²) < 4.78 is 49.0. The topological polar surface area (TPSA) is 55.8 Å². The Hall–Kier alpha value is -1.46. The first-order valence-corrected chi connectivity index (χ1v) is 8.84. The molecule has 4 nitrogen and oxygen atoms in total. The number of carbonyl (C=O) groups is 1. The summed E-state index contributed by atoms with van der Waals surface area (Å²) in [6.45, 7) is 1.38. The minimum absolute atomic E-state index is 0. The van der Waals surface area contributed by atoms with Gasteiger partial charge in [-0.15, -0.1) is 11.8 Å². The Morgan fingerprint density at radius 3 is 2.37 bits per heavy atom. The first-order chi connectivity index (χ1) is 12.1. The molecule has 0 amide bonds. The number of hydrogen-bond acceptors (Lipinski definition) is 4. The monoisotopic (exact) mass is 414 g/mol. The maximum atomic E-state index is 12.7. The molecule has 0 saturated carbocycles. The molecule has 2 aromatic carbocycles. The van der Waals surface area contributed by atoms with Crippen LogP contribution < -0.4 is 9.47 Å². The van der Waals surface area contributed by atoms with Crippen LogP contribution >= 0.6 is 23.4 Å². The maximum absolute atomic E-state index is 12.7. The van der Waals surface area contributed by atoms with Crippen LogP contribution in [-0.2, 0) is 11.0 Å². The quantitative estimate of drug-likeness (QED) is 0.528. The van der Waals surface area contributed by atoms with Crippen molar-refractivity contribution >= 4 is 48.2 Å². The summed E-state index contributed by atoms with van der Waals surface area (Å²) in [6, 6.07) is 7.45. The Bertz CT molecular complexity index is 817. The summed E-state index contributed by atoms with van der Waals surface area (Å²) in [5, 5.41) is 8.77. The normalized spacial score (nSPS) is 12.1. The van der Waals surface area contributed by atoms with Gasteiger partial charge in [-0.25, -0.2) is 4.79 Å². The molecule has 142 valence electrons. The molecule has 10 heteroatoms. The van der Waals surface area contributed by atoms with E-state index < -0.39 is 23.8 Å². The Morgan fingerprint density at radius 2 is 1.85 bits per heavy atom. The van der Waals surface area contributed by atoms with Gasteiger partial charge in [0, 0.05) is 11.0 Å². The molecular formula is C17H15ClF3LiO4S. The molecule has 1 atom stereocenters. The number of carboxylic acid groups (broad SMARTS) is 1. The molecule has 0 saturated heterocycles.